The molecule has 1 fully saturated rings. The summed E-state index contributed by atoms with van der Waals surface area (Å²) in [4.78, 5) is 27.5. The van der Waals surface area contributed by atoms with E-state index in [0.29, 0.717) is 31.6 Å². The first-order valence-corrected chi connectivity index (χ1v) is 10.5. The molecule has 2 aromatic heterocycles. The number of aromatic nitrogens is 3. The van der Waals surface area contributed by atoms with Crippen LogP contribution in [0.25, 0.3) is 22.0 Å². The molecule has 0 unspecified atom stereocenters. The monoisotopic (exact) mass is 425 g/mol. The van der Waals surface area contributed by atoms with Gasteiger partial charge in [0.1, 0.15) is 13.3 Å². The average molecular weight is 425 g/mol. The normalized spacial score (nSPS) is 15.0. The van der Waals surface area contributed by atoms with Crippen molar-refractivity contribution in [1.29, 1.82) is 0 Å². The number of nitrogens with zero attached hydrogens (tertiary/aromatic N) is 4. The molecule has 162 valence electrons. The standard InChI is InChI=1S/C23H25F2N5O/c24-12-21(13-25)29-19-3-7-30(8-4-19)23(31)11-20-10-18-9-16(1-2-17(18)14-28-20)22-15-26-5-6-27-22/h1-2,5-6,9-10,14-15,19,21,29H,3-4,7-8,11-13H2. The van der Waals surface area contributed by atoms with E-state index in [-0.39, 0.29) is 18.4 Å². The van der Waals surface area contributed by atoms with Gasteiger partial charge in [-0.3, -0.25) is 19.7 Å². The highest BCUT2D eigenvalue weighted by atomic mass is 19.1. The van der Waals surface area contributed by atoms with E-state index < -0.39 is 19.4 Å². The first-order valence-electron chi connectivity index (χ1n) is 10.5. The van der Waals surface area contributed by atoms with Crippen molar-refractivity contribution in [3.8, 4) is 11.3 Å². The highest BCUT2D eigenvalue weighted by Gasteiger charge is 2.24. The number of nitrogens with one attached hydrogen (secondary N) is 1. The van der Waals surface area contributed by atoms with Crippen molar-refractivity contribution in [1.82, 2.24) is 25.2 Å². The molecule has 0 aliphatic carbocycles. The summed E-state index contributed by atoms with van der Waals surface area (Å²) in [5, 5.41) is 4.98. The second-order valence-electron chi connectivity index (χ2n) is 7.83. The lowest BCUT2D eigenvalue weighted by Crippen LogP contribution is -2.49. The van der Waals surface area contributed by atoms with Gasteiger partial charge in [-0.15, -0.1) is 0 Å². The van der Waals surface area contributed by atoms with E-state index in [4.69, 9.17) is 0 Å². The van der Waals surface area contributed by atoms with Crippen LogP contribution in [-0.2, 0) is 11.2 Å². The Labute approximate surface area is 179 Å². The number of carbonyl (C=O) groups is 1. The van der Waals surface area contributed by atoms with Crippen molar-refractivity contribution >= 4 is 16.7 Å². The maximum Gasteiger partial charge on any atom is 0.228 e. The van der Waals surface area contributed by atoms with E-state index in [2.05, 4.69) is 20.3 Å². The number of hydrogen-bond acceptors (Lipinski definition) is 5. The highest BCUT2D eigenvalue weighted by Crippen LogP contribution is 2.23. The van der Waals surface area contributed by atoms with Gasteiger partial charge in [-0.1, -0.05) is 12.1 Å². The zero-order valence-corrected chi connectivity index (χ0v) is 17.2. The van der Waals surface area contributed by atoms with Gasteiger partial charge in [0.15, 0.2) is 0 Å². The van der Waals surface area contributed by atoms with E-state index in [0.717, 1.165) is 22.0 Å². The molecule has 0 radical (unpaired) electrons. The lowest BCUT2D eigenvalue weighted by atomic mass is 10.0. The molecule has 3 aromatic rings. The summed E-state index contributed by atoms with van der Waals surface area (Å²) >= 11 is 0. The summed E-state index contributed by atoms with van der Waals surface area (Å²) in [6.45, 7) is -0.290. The maximum atomic E-state index is 12.8. The molecular formula is C23H25F2N5O. The van der Waals surface area contributed by atoms with Gasteiger partial charge in [-0.05, 0) is 30.4 Å². The van der Waals surface area contributed by atoms with Crippen LogP contribution in [-0.4, -0.2) is 64.3 Å². The van der Waals surface area contributed by atoms with Crippen molar-refractivity contribution in [3.05, 3.63) is 54.7 Å². The van der Waals surface area contributed by atoms with Gasteiger partial charge in [-0.2, -0.15) is 0 Å². The Morgan fingerprint density at radius 1 is 1.06 bits per heavy atom. The van der Waals surface area contributed by atoms with E-state index in [1.54, 1.807) is 29.7 Å². The zero-order chi connectivity index (χ0) is 21.6. The Morgan fingerprint density at radius 2 is 1.87 bits per heavy atom. The average Bonchev–Trinajstić information content (AvgIpc) is 2.83. The summed E-state index contributed by atoms with van der Waals surface area (Å²) in [5.74, 6) is 0.0166. The largest absolute Gasteiger partial charge is 0.342 e. The highest BCUT2D eigenvalue weighted by molar-refractivity contribution is 5.87. The van der Waals surface area contributed by atoms with Crippen LogP contribution in [0.1, 0.15) is 18.5 Å². The number of piperidine rings is 1. The van der Waals surface area contributed by atoms with Crippen molar-refractivity contribution < 1.29 is 13.6 Å². The van der Waals surface area contributed by atoms with Crippen molar-refractivity contribution in [2.24, 2.45) is 0 Å². The Kier molecular flexibility index (Phi) is 6.76. The molecule has 0 saturated carbocycles. The van der Waals surface area contributed by atoms with E-state index >= 15 is 0 Å². The predicted molar refractivity (Wildman–Crippen MR) is 115 cm³/mol. The molecule has 1 N–H and O–H groups in total. The third-order valence-electron chi connectivity index (χ3n) is 5.66. The van der Waals surface area contributed by atoms with Crippen LogP contribution < -0.4 is 5.32 Å². The molecule has 6 nitrogen and oxygen atoms in total. The predicted octanol–water partition coefficient (Wildman–Crippen LogP) is 3.12. The molecule has 0 bridgehead atoms. The van der Waals surface area contributed by atoms with Gasteiger partial charge in [0.25, 0.3) is 0 Å². The molecule has 31 heavy (non-hydrogen) atoms. The smallest absolute Gasteiger partial charge is 0.228 e. The Morgan fingerprint density at radius 3 is 2.58 bits per heavy atom. The van der Waals surface area contributed by atoms with Crippen LogP contribution in [0.5, 0.6) is 0 Å². The van der Waals surface area contributed by atoms with Crippen LogP contribution >= 0.6 is 0 Å². The van der Waals surface area contributed by atoms with Gasteiger partial charge in [0.05, 0.1) is 30.0 Å². The topological polar surface area (TPSA) is 71.0 Å². The number of likely N-dealkylation sites (tertiary alicyclic amines) is 1. The fourth-order valence-corrected chi connectivity index (χ4v) is 3.92. The van der Waals surface area contributed by atoms with Gasteiger partial charge < -0.3 is 10.2 Å². The number of carbonyl (C=O) groups excluding carboxylic acids is 1. The van der Waals surface area contributed by atoms with E-state index in [1.165, 1.54) is 0 Å². The second kappa shape index (κ2) is 9.87. The lowest BCUT2D eigenvalue weighted by molar-refractivity contribution is -0.131. The second-order valence-corrected chi connectivity index (χ2v) is 7.83. The number of benzene rings is 1. The van der Waals surface area contributed by atoms with Crippen LogP contribution in [0.4, 0.5) is 8.78 Å². The van der Waals surface area contributed by atoms with Crippen LogP contribution in [0, 0.1) is 0 Å². The minimum atomic E-state index is -0.749. The Hall–Kier alpha value is -3.00. The van der Waals surface area contributed by atoms with Crippen molar-refractivity contribution in [3.63, 3.8) is 0 Å². The molecule has 0 atom stereocenters. The molecule has 8 heteroatoms. The first kappa shape index (κ1) is 21.2. The summed E-state index contributed by atoms with van der Waals surface area (Å²) in [6, 6.07) is 7.22. The molecule has 1 saturated heterocycles. The third-order valence-corrected chi connectivity index (χ3v) is 5.66. The molecule has 1 aliphatic heterocycles. The third kappa shape index (κ3) is 5.19. The number of alkyl halides is 2. The summed E-state index contributed by atoms with van der Waals surface area (Å²) in [5.41, 5.74) is 2.46. The Bertz CT molecular complexity index is 1020. The van der Waals surface area contributed by atoms with Crippen LogP contribution in [0.2, 0.25) is 0 Å². The summed E-state index contributed by atoms with van der Waals surface area (Å²) in [6.07, 6.45) is 8.39. The molecule has 1 aromatic carbocycles. The number of fused-ring (bicyclic) bond motifs is 1. The Balaban J connectivity index is 1.40. The fourth-order valence-electron chi connectivity index (χ4n) is 3.92. The molecular weight excluding hydrogens is 400 g/mol. The van der Waals surface area contributed by atoms with Gasteiger partial charge >= 0.3 is 0 Å². The molecule has 3 heterocycles. The van der Waals surface area contributed by atoms with Gasteiger partial charge in [0, 0.05) is 48.7 Å². The molecule has 1 amide bonds. The summed E-state index contributed by atoms with van der Waals surface area (Å²) in [7, 11) is 0. The maximum absolute atomic E-state index is 12.8. The number of amides is 1. The summed E-state index contributed by atoms with van der Waals surface area (Å²) < 4.78 is 25.4. The van der Waals surface area contributed by atoms with Crippen molar-refractivity contribution in [2.75, 3.05) is 26.4 Å². The van der Waals surface area contributed by atoms with Crippen LogP contribution in [0.15, 0.2) is 49.1 Å². The lowest BCUT2D eigenvalue weighted by Gasteiger charge is -2.33. The van der Waals surface area contributed by atoms with E-state index in [1.807, 2.05) is 24.3 Å². The van der Waals surface area contributed by atoms with E-state index in [9.17, 15) is 13.6 Å². The molecule has 0 spiro atoms. The quantitative estimate of drug-likeness (QED) is 0.630. The van der Waals surface area contributed by atoms with Crippen LogP contribution in [0.3, 0.4) is 0 Å². The number of pyridine rings is 1. The minimum absolute atomic E-state index is 0.0166. The minimum Gasteiger partial charge on any atom is -0.342 e. The van der Waals surface area contributed by atoms with Gasteiger partial charge in [0.2, 0.25) is 5.91 Å². The fraction of sp³-hybridized carbons (Fsp3) is 0.391. The van der Waals surface area contributed by atoms with Gasteiger partial charge in [-0.25, -0.2) is 8.78 Å². The molecule has 1 aliphatic rings. The number of rotatable bonds is 7. The van der Waals surface area contributed by atoms with Crippen molar-refractivity contribution in [2.45, 2.75) is 31.3 Å². The SMILES string of the molecule is O=C(Cc1cc2cc(-c3cnccn3)ccc2cn1)N1CCC(NC(CF)CF)CC1. The number of halogens is 2. The number of hydrogen-bond donors (Lipinski definition) is 1. The zero-order valence-electron chi connectivity index (χ0n) is 17.2. The first-order chi connectivity index (χ1) is 15.2. The molecule has 4 rings (SSSR count).